The molecule has 0 spiro atoms. The van der Waals surface area contributed by atoms with Crippen molar-refractivity contribution in [2.75, 3.05) is 0 Å². The zero-order valence-corrected chi connectivity index (χ0v) is 8.55. The van der Waals surface area contributed by atoms with Gasteiger partial charge in [0.15, 0.2) is 0 Å². The topological polar surface area (TPSA) is 51.2 Å². The highest BCUT2D eigenvalue weighted by Gasteiger charge is 2.14. The predicted molar refractivity (Wildman–Crippen MR) is 53.2 cm³/mol. The van der Waals surface area contributed by atoms with Crippen LogP contribution in [0.4, 0.5) is 0 Å². The predicted octanol–water partition coefficient (Wildman–Crippen LogP) is 2.20. The number of hydrogen-bond acceptors (Lipinski definition) is 3. The molecule has 0 aliphatic rings. The lowest BCUT2D eigenvalue weighted by Gasteiger charge is -2.13. The Morgan fingerprint density at radius 2 is 2.23 bits per heavy atom. The largest absolute Gasteiger partial charge is 0.466 e. The Morgan fingerprint density at radius 1 is 1.54 bits per heavy atom. The van der Waals surface area contributed by atoms with Crippen LogP contribution >= 0.6 is 0 Å². The summed E-state index contributed by atoms with van der Waals surface area (Å²) >= 11 is 0. The summed E-state index contributed by atoms with van der Waals surface area (Å²) < 4.78 is 5.45. The zero-order valence-electron chi connectivity index (χ0n) is 8.55. The summed E-state index contributed by atoms with van der Waals surface area (Å²) in [5.74, 6) is 7.39. The van der Waals surface area contributed by atoms with Crippen LogP contribution in [0.2, 0.25) is 0 Å². The van der Waals surface area contributed by atoms with Crippen molar-refractivity contribution in [3.05, 3.63) is 23.2 Å². The number of hydrogen-bond donors (Lipinski definition) is 2. The number of aryl methyl sites for hydroxylation is 2. The van der Waals surface area contributed by atoms with Crippen molar-refractivity contribution in [1.29, 1.82) is 0 Å². The molecule has 3 nitrogen and oxygen atoms in total. The van der Waals surface area contributed by atoms with Gasteiger partial charge in [0.05, 0.1) is 0 Å². The molecular weight excluding hydrogens is 164 g/mol. The van der Waals surface area contributed by atoms with E-state index in [1.54, 1.807) is 0 Å². The first-order valence-electron chi connectivity index (χ1n) is 4.72. The van der Waals surface area contributed by atoms with E-state index < -0.39 is 0 Å². The van der Waals surface area contributed by atoms with Gasteiger partial charge in [0, 0.05) is 11.6 Å². The highest BCUT2D eigenvalue weighted by molar-refractivity contribution is 5.23. The van der Waals surface area contributed by atoms with Crippen molar-refractivity contribution in [3.8, 4) is 0 Å². The monoisotopic (exact) mass is 182 g/mol. The van der Waals surface area contributed by atoms with Crippen LogP contribution < -0.4 is 11.3 Å². The van der Waals surface area contributed by atoms with Crippen molar-refractivity contribution in [2.45, 2.75) is 39.7 Å². The van der Waals surface area contributed by atoms with Gasteiger partial charge in [-0.15, -0.1) is 0 Å². The molecule has 1 heterocycles. The van der Waals surface area contributed by atoms with Crippen LogP contribution in [0.5, 0.6) is 0 Å². The fourth-order valence-corrected chi connectivity index (χ4v) is 1.61. The van der Waals surface area contributed by atoms with E-state index >= 15 is 0 Å². The van der Waals surface area contributed by atoms with E-state index in [0.717, 1.165) is 24.4 Å². The Bertz CT molecular complexity index is 268. The first kappa shape index (κ1) is 10.3. The van der Waals surface area contributed by atoms with Gasteiger partial charge < -0.3 is 4.42 Å². The first-order valence-corrected chi connectivity index (χ1v) is 4.72. The summed E-state index contributed by atoms with van der Waals surface area (Å²) in [6.07, 6.45) is 2.15. The van der Waals surface area contributed by atoms with Crippen LogP contribution in [0.25, 0.3) is 0 Å². The summed E-state index contributed by atoms with van der Waals surface area (Å²) in [6, 6.07) is 2.28. The Labute approximate surface area is 79.3 Å². The molecule has 13 heavy (non-hydrogen) atoms. The third-order valence-electron chi connectivity index (χ3n) is 2.23. The van der Waals surface area contributed by atoms with E-state index in [0.29, 0.717) is 0 Å². The fraction of sp³-hybridized carbons (Fsp3) is 0.600. The lowest BCUT2D eigenvalue weighted by Crippen LogP contribution is -2.27. The average Bonchev–Trinajstić information content (AvgIpc) is 2.41. The molecule has 1 rings (SSSR count). The van der Waals surface area contributed by atoms with Crippen LogP contribution in [0.3, 0.4) is 0 Å². The number of hydrazine groups is 1. The van der Waals surface area contributed by atoms with Crippen molar-refractivity contribution in [2.24, 2.45) is 5.84 Å². The van der Waals surface area contributed by atoms with E-state index in [9.17, 15) is 0 Å². The van der Waals surface area contributed by atoms with Gasteiger partial charge in [0.2, 0.25) is 0 Å². The van der Waals surface area contributed by atoms with Crippen LogP contribution in [-0.2, 0) is 0 Å². The molecule has 3 heteroatoms. The van der Waals surface area contributed by atoms with Gasteiger partial charge >= 0.3 is 0 Å². The van der Waals surface area contributed by atoms with E-state index in [1.165, 1.54) is 5.56 Å². The van der Waals surface area contributed by atoms with E-state index in [1.807, 2.05) is 13.8 Å². The Hall–Kier alpha value is -0.800. The smallest absolute Gasteiger partial charge is 0.105 e. The Kier molecular flexibility index (Phi) is 3.51. The molecule has 3 N–H and O–H groups in total. The van der Waals surface area contributed by atoms with Crippen LogP contribution in [0.15, 0.2) is 10.5 Å². The molecule has 1 aromatic heterocycles. The number of furan rings is 1. The quantitative estimate of drug-likeness (QED) is 0.554. The van der Waals surface area contributed by atoms with E-state index in [-0.39, 0.29) is 6.04 Å². The molecule has 0 aliphatic heterocycles. The fourth-order valence-electron chi connectivity index (χ4n) is 1.61. The summed E-state index contributed by atoms with van der Waals surface area (Å²) in [5.41, 5.74) is 4.00. The van der Waals surface area contributed by atoms with Gasteiger partial charge in [0.25, 0.3) is 0 Å². The molecule has 0 radical (unpaired) electrons. The minimum atomic E-state index is 0.224. The lowest BCUT2D eigenvalue weighted by molar-refractivity contribution is 0.472. The van der Waals surface area contributed by atoms with Gasteiger partial charge in [-0.25, -0.2) is 0 Å². The van der Waals surface area contributed by atoms with Gasteiger partial charge in [-0.1, -0.05) is 13.3 Å². The van der Waals surface area contributed by atoms with Gasteiger partial charge in [-0.05, 0) is 26.3 Å². The highest BCUT2D eigenvalue weighted by Crippen LogP contribution is 2.24. The second-order valence-electron chi connectivity index (χ2n) is 3.38. The Balaban J connectivity index is 2.83. The summed E-state index contributed by atoms with van der Waals surface area (Å²) in [4.78, 5) is 0. The van der Waals surface area contributed by atoms with Crippen molar-refractivity contribution in [1.82, 2.24) is 5.43 Å². The second kappa shape index (κ2) is 4.44. The van der Waals surface area contributed by atoms with Crippen LogP contribution in [0, 0.1) is 13.8 Å². The normalized spacial score (nSPS) is 13.2. The zero-order chi connectivity index (χ0) is 9.84. The maximum absolute atomic E-state index is 5.48. The standard InChI is InChI=1S/C10H18N2O/c1-4-5-10(12-11)9-6-7(2)13-8(9)3/h6,10,12H,4-5,11H2,1-3H3. The SMILES string of the molecule is CCCC(NN)c1cc(C)oc1C. The second-order valence-corrected chi connectivity index (χ2v) is 3.38. The lowest BCUT2D eigenvalue weighted by atomic mass is 10.0. The van der Waals surface area contributed by atoms with Gasteiger partial charge in [-0.2, -0.15) is 0 Å². The molecule has 1 aromatic rings. The molecule has 0 fully saturated rings. The molecular formula is C10H18N2O. The molecule has 0 saturated carbocycles. The summed E-state index contributed by atoms with van der Waals surface area (Å²) in [7, 11) is 0. The van der Waals surface area contributed by atoms with Crippen molar-refractivity contribution in [3.63, 3.8) is 0 Å². The Morgan fingerprint density at radius 3 is 2.62 bits per heavy atom. The molecule has 1 unspecified atom stereocenters. The highest BCUT2D eigenvalue weighted by atomic mass is 16.3. The number of nitrogens with one attached hydrogen (secondary N) is 1. The minimum Gasteiger partial charge on any atom is -0.466 e. The number of rotatable bonds is 4. The van der Waals surface area contributed by atoms with Gasteiger partial charge in [-0.3, -0.25) is 11.3 Å². The minimum absolute atomic E-state index is 0.224. The summed E-state index contributed by atoms with van der Waals surface area (Å²) in [5, 5.41) is 0. The van der Waals surface area contributed by atoms with Crippen LogP contribution in [0.1, 0.15) is 42.9 Å². The molecule has 0 aliphatic carbocycles. The van der Waals surface area contributed by atoms with Crippen molar-refractivity contribution >= 4 is 0 Å². The molecule has 0 bridgehead atoms. The molecule has 0 saturated heterocycles. The van der Waals surface area contributed by atoms with E-state index in [4.69, 9.17) is 10.3 Å². The molecule has 0 aromatic carbocycles. The van der Waals surface area contributed by atoms with Crippen molar-refractivity contribution < 1.29 is 4.42 Å². The first-order chi connectivity index (χ1) is 6.19. The maximum atomic E-state index is 5.48. The average molecular weight is 182 g/mol. The molecule has 74 valence electrons. The van der Waals surface area contributed by atoms with Gasteiger partial charge in [0.1, 0.15) is 11.5 Å². The molecule has 0 amide bonds. The summed E-state index contributed by atoms with van der Waals surface area (Å²) in [6.45, 7) is 6.07. The number of nitrogens with two attached hydrogens (primary N) is 1. The third-order valence-corrected chi connectivity index (χ3v) is 2.23. The molecule has 1 atom stereocenters. The maximum Gasteiger partial charge on any atom is 0.105 e. The van der Waals surface area contributed by atoms with E-state index in [2.05, 4.69) is 18.4 Å². The third kappa shape index (κ3) is 2.32. The van der Waals surface area contributed by atoms with Crippen LogP contribution in [-0.4, -0.2) is 0 Å².